The molecule has 0 radical (unpaired) electrons. The highest BCUT2D eigenvalue weighted by Crippen LogP contribution is 2.20. The summed E-state index contributed by atoms with van der Waals surface area (Å²) in [4.78, 5) is 13.9. The van der Waals surface area contributed by atoms with Gasteiger partial charge >= 0.3 is 6.03 Å². The molecule has 5 heteroatoms. The molecule has 1 saturated heterocycles. The van der Waals surface area contributed by atoms with Gasteiger partial charge in [-0.1, -0.05) is 6.92 Å². The van der Waals surface area contributed by atoms with Crippen molar-refractivity contribution in [1.29, 1.82) is 0 Å². The van der Waals surface area contributed by atoms with Crippen LogP contribution >= 0.6 is 23.5 Å². The Labute approximate surface area is 107 Å². The molecule has 2 amide bonds. The summed E-state index contributed by atoms with van der Waals surface area (Å²) in [7, 11) is 0. The Morgan fingerprint density at radius 1 is 1.69 bits per heavy atom. The summed E-state index contributed by atoms with van der Waals surface area (Å²) in [5.41, 5.74) is 0. The molecular weight excluding hydrogens is 240 g/mol. The number of hydrogen-bond donors (Lipinski definition) is 1. The minimum atomic E-state index is 0.111. The number of carbonyl (C=O) groups excluding carboxylic acids is 1. The van der Waals surface area contributed by atoms with Crippen LogP contribution in [-0.2, 0) is 0 Å². The SMILES string of the molecule is CC[C@H]1CN(C(=O)N[C@@H](C)CSC)CCS1. The Balaban J connectivity index is 2.35. The van der Waals surface area contributed by atoms with Gasteiger partial charge in [0.2, 0.25) is 0 Å². The van der Waals surface area contributed by atoms with Crippen LogP contribution in [0.1, 0.15) is 20.3 Å². The van der Waals surface area contributed by atoms with Gasteiger partial charge in [-0.25, -0.2) is 4.79 Å². The number of nitrogens with zero attached hydrogens (tertiary/aromatic N) is 1. The first-order chi connectivity index (χ1) is 7.67. The molecule has 1 N–H and O–H groups in total. The van der Waals surface area contributed by atoms with Crippen LogP contribution in [0.2, 0.25) is 0 Å². The number of hydrogen-bond acceptors (Lipinski definition) is 3. The Bertz CT molecular complexity index is 226. The molecule has 1 fully saturated rings. The fourth-order valence-corrected chi connectivity index (χ4v) is 3.51. The van der Waals surface area contributed by atoms with Crippen LogP contribution in [0.4, 0.5) is 4.79 Å². The average Bonchev–Trinajstić information content (AvgIpc) is 2.29. The second kappa shape index (κ2) is 7.33. The van der Waals surface area contributed by atoms with Gasteiger partial charge < -0.3 is 10.2 Å². The summed E-state index contributed by atoms with van der Waals surface area (Å²) in [6.07, 6.45) is 3.21. The zero-order chi connectivity index (χ0) is 12.0. The van der Waals surface area contributed by atoms with Crippen LogP contribution in [0, 0.1) is 0 Å². The summed E-state index contributed by atoms with van der Waals surface area (Å²) in [5.74, 6) is 2.05. The summed E-state index contributed by atoms with van der Waals surface area (Å²) < 4.78 is 0. The molecule has 3 nitrogen and oxygen atoms in total. The van der Waals surface area contributed by atoms with Crippen LogP contribution in [0.25, 0.3) is 0 Å². The Morgan fingerprint density at radius 2 is 2.44 bits per heavy atom. The van der Waals surface area contributed by atoms with Crippen molar-refractivity contribution in [1.82, 2.24) is 10.2 Å². The van der Waals surface area contributed by atoms with E-state index in [1.807, 2.05) is 16.7 Å². The lowest BCUT2D eigenvalue weighted by Crippen LogP contribution is -2.49. The maximum atomic E-state index is 11.9. The highest BCUT2D eigenvalue weighted by atomic mass is 32.2. The average molecular weight is 262 g/mol. The highest BCUT2D eigenvalue weighted by molar-refractivity contribution is 8.00. The third-order valence-electron chi connectivity index (χ3n) is 2.67. The van der Waals surface area contributed by atoms with E-state index in [1.165, 1.54) is 0 Å². The van der Waals surface area contributed by atoms with E-state index in [2.05, 4.69) is 25.4 Å². The minimum absolute atomic E-state index is 0.111. The molecule has 1 heterocycles. The molecule has 0 aromatic rings. The number of urea groups is 1. The van der Waals surface area contributed by atoms with Crippen molar-refractivity contribution >= 4 is 29.6 Å². The minimum Gasteiger partial charge on any atom is -0.335 e. The van der Waals surface area contributed by atoms with Crippen molar-refractivity contribution in [2.45, 2.75) is 31.6 Å². The Kier molecular flexibility index (Phi) is 6.43. The van der Waals surface area contributed by atoms with Gasteiger partial charge in [0.05, 0.1) is 0 Å². The zero-order valence-electron chi connectivity index (χ0n) is 10.4. The molecular formula is C11H22N2OS2. The smallest absolute Gasteiger partial charge is 0.317 e. The van der Waals surface area contributed by atoms with Crippen LogP contribution in [0.3, 0.4) is 0 Å². The molecule has 0 saturated carbocycles. The van der Waals surface area contributed by atoms with Gasteiger partial charge in [0, 0.05) is 35.9 Å². The number of carbonyl (C=O) groups is 1. The predicted octanol–water partition coefficient (Wildman–Crippen LogP) is 2.27. The summed E-state index contributed by atoms with van der Waals surface area (Å²) in [5, 5.41) is 3.67. The van der Waals surface area contributed by atoms with Crippen LogP contribution in [0.5, 0.6) is 0 Å². The Hall–Kier alpha value is -0.0300. The van der Waals surface area contributed by atoms with Gasteiger partial charge in [0.15, 0.2) is 0 Å². The van der Waals surface area contributed by atoms with E-state index in [0.29, 0.717) is 5.25 Å². The first-order valence-corrected chi connectivity index (χ1v) is 8.27. The van der Waals surface area contributed by atoms with E-state index in [1.54, 1.807) is 11.8 Å². The number of nitrogens with one attached hydrogen (secondary N) is 1. The molecule has 0 aromatic heterocycles. The molecule has 1 rings (SSSR count). The van der Waals surface area contributed by atoms with E-state index >= 15 is 0 Å². The Morgan fingerprint density at radius 3 is 3.06 bits per heavy atom. The molecule has 0 spiro atoms. The quantitative estimate of drug-likeness (QED) is 0.843. The van der Waals surface area contributed by atoms with Gasteiger partial charge in [-0.05, 0) is 19.6 Å². The van der Waals surface area contributed by atoms with Crippen LogP contribution in [0.15, 0.2) is 0 Å². The number of thioether (sulfide) groups is 2. The van der Waals surface area contributed by atoms with Gasteiger partial charge in [0.25, 0.3) is 0 Å². The molecule has 0 unspecified atom stereocenters. The molecule has 0 aromatic carbocycles. The van der Waals surface area contributed by atoms with Gasteiger partial charge in [-0.2, -0.15) is 23.5 Å². The van der Waals surface area contributed by atoms with Crippen molar-refractivity contribution in [2.24, 2.45) is 0 Å². The lowest BCUT2D eigenvalue weighted by atomic mass is 10.3. The van der Waals surface area contributed by atoms with E-state index in [-0.39, 0.29) is 12.1 Å². The molecule has 0 bridgehead atoms. The standard InChI is InChI=1S/C11H22N2OS2/c1-4-10-7-13(5-6-16-10)11(14)12-9(2)8-15-3/h9-10H,4-8H2,1-3H3,(H,12,14)/t9-,10-/m0/s1. The van der Waals surface area contributed by atoms with E-state index in [0.717, 1.165) is 31.0 Å². The van der Waals surface area contributed by atoms with Crippen molar-refractivity contribution in [3.8, 4) is 0 Å². The number of amides is 2. The third kappa shape index (κ3) is 4.45. The van der Waals surface area contributed by atoms with E-state index < -0.39 is 0 Å². The molecule has 1 aliphatic heterocycles. The van der Waals surface area contributed by atoms with Crippen molar-refractivity contribution in [2.75, 3.05) is 30.9 Å². The van der Waals surface area contributed by atoms with Gasteiger partial charge in [-0.15, -0.1) is 0 Å². The maximum absolute atomic E-state index is 11.9. The topological polar surface area (TPSA) is 32.3 Å². The monoisotopic (exact) mass is 262 g/mol. The fourth-order valence-electron chi connectivity index (χ4n) is 1.74. The first-order valence-electron chi connectivity index (χ1n) is 5.83. The lowest BCUT2D eigenvalue weighted by molar-refractivity contribution is 0.197. The molecule has 0 aliphatic carbocycles. The lowest BCUT2D eigenvalue weighted by Gasteiger charge is -2.32. The largest absolute Gasteiger partial charge is 0.335 e. The van der Waals surface area contributed by atoms with Crippen LogP contribution < -0.4 is 5.32 Å². The normalized spacial score (nSPS) is 22.9. The second-order valence-corrected chi connectivity index (χ2v) is 6.47. The van der Waals surface area contributed by atoms with Gasteiger partial charge in [-0.3, -0.25) is 0 Å². The predicted molar refractivity (Wildman–Crippen MR) is 74.5 cm³/mol. The van der Waals surface area contributed by atoms with E-state index in [4.69, 9.17) is 0 Å². The van der Waals surface area contributed by atoms with Gasteiger partial charge in [0.1, 0.15) is 0 Å². The summed E-state index contributed by atoms with van der Waals surface area (Å²) in [6.45, 7) is 6.04. The second-order valence-electron chi connectivity index (χ2n) is 4.15. The summed E-state index contributed by atoms with van der Waals surface area (Å²) >= 11 is 3.75. The maximum Gasteiger partial charge on any atom is 0.317 e. The summed E-state index contributed by atoms with van der Waals surface area (Å²) in [6, 6.07) is 0.373. The molecule has 2 atom stereocenters. The molecule has 1 aliphatic rings. The number of rotatable bonds is 4. The fraction of sp³-hybridized carbons (Fsp3) is 0.909. The van der Waals surface area contributed by atoms with E-state index in [9.17, 15) is 4.79 Å². The highest BCUT2D eigenvalue weighted by Gasteiger charge is 2.23. The molecule has 16 heavy (non-hydrogen) atoms. The first kappa shape index (κ1) is 14.0. The van der Waals surface area contributed by atoms with Crippen molar-refractivity contribution < 1.29 is 4.79 Å². The van der Waals surface area contributed by atoms with Crippen molar-refractivity contribution in [3.05, 3.63) is 0 Å². The third-order valence-corrected chi connectivity index (χ3v) is 4.87. The van der Waals surface area contributed by atoms with Crippen molar-refractivity contribution in [3.63, 3.8) is 0 Å². The van der Waals surface area contributed by atoms with Crippen LogP contribution in [-0.4, -0.2) is 53.1 Å². The molecule has 94 valence electrons. The zero-order valence-corrected chi connectivity index (χ0v) is 12.0.